The lowest BCUT2D eigenvalue weighted by Crippen LogP contribution is -2.33. The molecule has 4 heteroatoms. The molecule has 0 radical (unpaired) electrons. The third kappa shape index (κ3) is 4.45. The maximum absolute atomic E-state index is 10.8. The molecular formula is C9H14O4. The summed E-state index contributed by atoms with van der Waals surface area (Å²) in [7, 11) is 0. The number of aliphatic hydroxyl groups is 2. The van der Waals surface area contributed by atoms with Crippen molar-refractivity contribution in [3.8, 4) is 0 Å². The largest absolute Gasteiger partial charge is 0.456 e. The summed E-state index contributed by atoms with van der Waals surface area (Å²) in [6, 6.07) is 0. The molecule has 0 rings (SSSR count). The van der Waals surface area contributed by atoms with E-state index in [-0.39, 0.29) is 0 Å². The van der Waals surface area contributed by atoms with Gasteiger partial charge < -0.3 is 14.9 Å². The molecule has 2 N–H and O–H groups in total. The first-order valence-corrected chi connectivity index (χ1v) is 3.88. The average Bonchev–Trinajstić information content (AvgIpc) is 2.15. The molecule has 2 atom stereocenters. The third-order valence-corrected chi connectivity index (χ3v) is 1.45. The van der Waals surface area contributed by atoms with Crippen molar-refractivity contribution in [3.05, 3.63) is 25.3 Å². The fourth-order valence-electron chi connectivity index (χ4n) is 0.763. The summed E-state index contributed by atoms with van der Waals surface area (Å²) in [6.45, 7) is 6.20. The van der Waals surface area contributed by atoms with E-state index in [2.05, 4.69) is 13.2 Å². The lowest BCUT2D eigenvalue weighted by atomic mass is 10.1. The summed E-state index contributed by atoms with van der Waals surface area (Å²) in [5.41, 5.74) is 0. The number of hydrogen-bond acceptors (Lipinski definition) is 4. The van der Waals surface area contributed by atoms with Gasteiger partial charge in [-0.25, -0.2) is 4.79 Å². The molecule has 74 valence electrons. The van der Waals surface area contributed by atoms with E-state index >= 15 is 0 Å². The molecule has 0 fully saturated rings. The lowest BCUT2D eigenvalue weighted by molar-refractivity contribution is -0.150. The molecule has 4 nitrogen and oxygen atoms in total. The van der Waals surface area contributed by atoms with Crippen LogP contribution in [0.1, 0.15) is 6.42 Å². The minimum atomic E-state index is -1.08. The Morgan fingerprint density at radius 1 is 1.54 bits per heavy atom. The van der Waals surface area contributed by atoms with Crippen LogP contribution >= 0.6 is 0 Å². The van der Waals surface area contributed by atoms with Gasteiger partial charge in [0.2, 0.25) is 0 Å². The second-order valence-electron chi connectivity index (χ2n) is 2.45. The number of esters is 1. The van der Waals surface area contributed by atoms with Crippen LogP contribution in [0.3, 0.4) is 0 Å². The number of hydrogen-bond donors (Lipinski definition) is 2. The minimum absolute atomic E-state index is 0.293. The summed E-state index contributed by atoms with van der Waals surface area (Å²) >= 11 is 0. The van der Waals surface area contributed by atoms with E-state index in [0.29, 0.717) is 6.42 Å². The van der Waals surface area contributed by atoms with Crippen molar-refractivity contribution >= 4 is 5.97 Å². The van der Waals surface area contributed by atoms with Gasteiger partial charge in [0.25, 0.3) is 0 Å². The summed E-state index contributed by atoms with van der Waals surface area (Å²) in [5.74, 6) is -0.626. The van der Waals surface area contributed by atoms with Gasteiger partial charge in [-0.2, -0.15) is 0 Å². The van der Waals surface area contributed by atoms with Crippen LogP contribution in [0.5, 0.6) is 0 Å². The summed E-state index contributed by atoms with van der Waals surface area (Å²) < 4.78 is 4.75. The van der Waals surface area contributed by atoms with Crippen molar-refractivity contribution in [1.82, 2.24) is 0 Å². The van der Waals surface area contributed by atoms with Crippen molar-refractivity contribution in [2.24, 2.45) is 0 Å². The van der Waals surface area contributed by atoms with Crippen LogP contribution < -0.4 is 0 Å². The number of carbonyl (C=O) groups excluding carboxylic acids is 1. The van der Waals surface area contributed by atoms with Crippen molar-refractivity contribution in [2.75, 3.05) is 6.61 Å². The molecule has 0 amide bonds. The molecule has 0 spiro atoms. The standard InChI is InChI=1S/C9H14O4/c1-3-5-8(7(11)6-10)13-9(12)4-2/h3-4,7-8,10-11H,1-2,5-6H2/t7-,8+/m1/s1. The Kier molecular flexibility index (Phi) is 5.84. The quantitative estimate of drug-likeness (QED) is 0.348. The van der Waals surface area contributed by atoms with Gasteiger partial charge in [0.15, 0.2) is 0 Å². The van der Waals surface area contributed by atoms with E-state index in [9.17, 15) is 9.90 Å². The zero-order chi connectivity index (χ0) is 10.3. The van der Waals surface area contributed by atoms with Gasteiger partial charge in [0.05, 0.1) is 6.61 Å². The highest BCUT2D eigenvalue weighted by molar-refractivity contribution is 5.81. The molecule has 0 unspecified atom stereocenters. The molecular weight excluding hydrogens is 172 g/mol. The maximum Gasteiger partial charge on any atom is 0.330 e. The van der Waals surface area contributed by atoms with Crippen LogP contribution in [0.25, 0.3) is 0 Å². The fraction of sp³-hybridized carbons (Fsp3) is 0.444. The molecule has 0 heterocycles. The van der Waals surface area contributed by atoms with Crippen LogP contribution in [0, 0.1) is 0 Å². The van der Waals surface area contributed by atoms with E-state index in [1.54, 1.807) is 0 Å². The Morgan fingerprint density at radius 3 is 2.54 bits per heavy atom. The van der Waals surface area contributed by atoms with Gasteiger partial charge in [0.1, 0.15) is 12.2 Å². The molecule has 0 bridgehead atoms. The normalized spacial score (nSPS) is 14.3. The van der Waals surface area contributed by atoms with Gasteiger partial charge in [0, 0.05) is 12.5 Å². The number of rotatable bonds is 6. The first kappa shape index (κ1) is 11.9. The van der Waals surface area contributed by atoms with Gasteiger partial charge in [-0.15, -0.1) is 6.58 Å². The molecule has 0 saturated heterocycles. The molecule has 0 aliphatic carbocycles. The molecule has 13 heavy (non-hydrogen) atoms. The third-order valence-electron chi connectivity index (χ3n) is 1.45. The van der Waals surface area contributed by atoms with Crippen LogP contribution in [-0.2, 0) is 9.53 Å². The highest BCUT2D eigenvalue weighted by atomic mass is 16.6. The Morgan fingerprint density at radius 2 is 2.15 bits per heavy atom. The van der Waals surface area contributed by atoms with Gasteiger partial charge in [-0.05, 0) is 0 Å². The molecule has 0 aromatic carbocycles. The smallest absolute Gasteiger partial charge is 0.330 e. The van der Waals surface area contributed by atoms with E-state index in [4.69, 9.17) is 9.84 Å². The van der Waals surface area contributed by atoms with Gasteiger partial charge in [-0.1, -0.05) is 12.7 Å². The van der Waals surface area contributed by atoms with E-state index in [1.807, 2.05) is 0 Å². The van der Waals surface area contributed by atoms with Crippen molar-refractivity contribution in [3.63, 3.8) is 0 Å². The molecule has 0 aromatic rings. The molecule has 0 aromatic heterocycles. The number of carbonyl (C=O) groups is 1. The maximum atomic E-state index is 10.8. The summed E-state index contributed by atoms with van der Waals surface area (Å²) in [4.78, 5) is 10.8. The Hall–Kier alpha value is -1.13. The minimum Gasteiger partial charge on any atom is -0.456 e. The number of aliphatic hydroxyl groups excluding tert-OH is 2. The lowest BCUT2D eigenvalue weighted by Gasteiger charge is -2.19. The van der Waals surface area contributed by atoms with Crippen LogP contribution in [-0.4, -0.2) is 35.0 Å². The van der Waals surface area contributed by atoms with Gasteiger partial charge >= 0.3 is 5.97 Å². The first-order valence-electron chi connectivity index (χ1n) is 3.88. The Labute approximate surface area is 77.1 Å². The Bertz CT molecular complexity index is 188. The van der Waals surface area contributed by atoms with Gasteiger partial charge in [-0.3, -0.25) is 0 Å². The molecule has 0 aliphatic rings. The number of ether oxygens (including phenoxy) is 1. The van der Waals surface area contributed by atoms with Crippen molar-refractivity contribution in [1.29, 1.82) is 0 Å². The second-order valence-corrected chi connectivity index (χ2v) is 2.45. The van der Waals surface area contributed by atoms with E-state index in [0.717, 1.165) is 6.08 Å². The SMILES string of the molecule is C=CC[C@H](OC(=O)C=C)[C@H](O)CO. The molecule has 0 saturated carbocycles. The summed E-state index contributed by atoms with van der Waals surface area (Å²) in [6.07, 6.45) is 0.955. The first-order chi connectivity index (χ1) is 6.15. The van der Waals surface area contributed by atoms with E-state index < -0.39 is 24.8 Å². The fourth-order valence-corrected chi connectivity index (χ4v) is 0.763. The zero-order valence-corrected chi connectivity index (χ0v) is 7.35. The molecule has 0 aliphatic heterocycles. The van der Waals surface area contributed by atoms with Crippen molar-refractivity contribution in [2.45, 2.75) is 18.6 Å². The van der Waals surface area contributed by atoms with Crippen LogP contribution in [0.4, 0.5) is 0 Å². The topological polar surface area (TPSA) is 66.8 Å². The average molecular weight is 186 g/mol. The predicted molar refractivity (Wildman–Crippen MR) is 48.0 cm³/mol. The van der Waals surface area contributed by atoms with Crippen LogP contribution in [0.15, 0.2) is 25.3 Å². The van der Waals surface area contributed by atoms with E-state index in [1.165, 1.54) is 6.08 Å². The zero-order valence-electron chi connectivity index (χ0n) is 7.35. The van der Waals surface area contributed by atoms with Crippen molar-refractivity contribution < 1.29 is 19.7 Å². The Balaban J connectivity index is 4.15. The predicted octanol–water partition coefficient (Wildman–Crippen LogP) is 0.0135. The highest BCUT2D eigenvalue weighted by Crippen LogP contribution is 2.05. The second kappa shape index (κ2) is 6.39. The monoisotopic (exact) mass is 186 g/mol. The highest BCUT2D eigenvalue weighted by Gasteiger charge is 2.20. The van der Waals surface area contributed by atoms with Crippen LogP contribution in [0.2, 0.25) is 0 Å². The summed E-state index contributed by atoms with van der Waals surface area (Å²) in [5, 5.41) is 17.8.